The predicted octanol–water partition coefficient (Wildman–Crippen LogP) is 3.82. The Morgan fingerprint density at radius 3 is 2.61 bits per heavy atom. The molecule has 23 heavy (non-hydrogen) atoms. The first-order valence-electron chi connectivity index (χ1n) is 6.44. The van der Waals surface area contributed by atoms with Crippen LogP contribution in [0.1, 0.15) is 12.6 Å². The smallest absolute Gasteiger partial charge is 0.321 e. The van der Waals surface area contributed by atoms with Crippen molar-refractivity contribution in [2.45, 2.75) is 13.1 Å². The summed E-state index contributed by atoms with van der Waals surface area (Å²) < 4.78 is 52.6. The molecule has 8 heteroatoms. The highest BCUT2D eigenvalue weighted by Crippen LogP contribution is 2.35. The highest BCUT2D eigenvalue weighted by Gasteiger charge is 2.36. The molecule has 1 amide bonds. The normalized spacial score (nSPS) is 11.7. The van der Waals surface area contributed by atoms with Crippen molar-refractivity contribution in [3.8, 4) is 11.3 Å². The average molecular weight is 325 g/mol. The molecule has 2 heterocycles. The van der Waals surface area contributed by atoms with Crippen molar-refractivity contribution < 1.29 is 22.4 Å². The van der Waals surface area contributed by atoms with Gasteiger partial charge in [-0.25, -0.2) is 9.37 Å². The van der Waals surface area contributed by atoms with Crippen LogP contribution in [-0.4, -0.2) is 15.9 Å². The quantitative estimate of drug-likeness (QED) is 0.689. The summed E-state index contributed by atoms with van der Waals surface area (Å²) in [4.78, 5) is 18.5. The van der Waals surface area contributed by atoms with Gasteiger partial charge in [0.25, 0.3) is 0 Å². The standard InChI is InChI=1S/C15H11F4N3O/c1-2-3-13(23)21-12-5-4-11(22-14(12)15(17,18)19)9-6-10(16)8-20-7-9/h2-8H,1H3,(H,21,23)/b3-2+. The molecule has 120 valence electrons. The van der Waals surface area contributed by atoms with Crippen molar-refractivity contribution in [1.82, 2.24) is 9.97 Å². The molecule has 0 aliphatic heterocycles. The van der Waals surface area contributed by atoms with E-state index in [2.05, 4.69) is 15.3 Å². The van der Waals surface area contributed by atoms with E-state index in [9.17, 15) is 22.4 Å². The molecule has 0 fully saturated rings. The van der Waals surface area contributed by atoms with Gasteiger partial charge in [0.1, 0.15) is 5.82 Å². The number of hydrogen-bond acceptors (Lipinski definition) is 3. The summed E-state index contributed by atoms with van der Waals surface area (Å²) in [5, 5.41) is 2.11. The number of rotatable bonds is 3. The van der Waals surface area contributed by atoms with Gasteiger partial charge in [-0.2, -0.15) is 13.2 Å². The zero-order chi connectivity index (χ0) is 17.0. The van der Waals surface area contributed by atoms with Gasteiger partial charge in [0, 0.05) is 11.8 Å². The number of carbonyl (C=O) groups excluding carboxylic acids is 1. The Kier molecular flexibility index (Phi) is 4.73. The van der Waals surface area contributed by atoms with Crippen LogP contribution >= 0.6 is 0 Å². The number of alkyl halides is 3. The zero-order valence-corrected chi connectivity index (χ0v) is 11.9. The van der Waals surface area contributed by atoms with Crippen LogP contribution in [0.2, 0.25) is 0 Å². The second kappa shape index (κ2) is 6.55. The van der Waals surface area contributed by atoms with Gasteiger partial charge in [-0.3, -0.25) is 9.78 Å². The van der Waals surface area contributed by atoms with E-state index < -0.39 is 29.3 Å². The minimum atomic E-state index is -4.78. The molecule has 0 aliphatic rings. The Bertz CT molecular complexity index is 757. The van der Waals surface area contributed by atoms with Crippen molar-refractivity contribution in [3.05, 3.63) is 54.3 Å². The lowest BCUT2D eigenvalue weighted by Crippen LogP contribution is -2.16. The van der Waals surface area contributed by atoms with E-state index in [1.807, 2.05) is 0 Å². The van der Waals surface area contributed by atoms with E-state index in [1.165, 1.54) is 18.3 Å². The lowest BCUT2D eigenvalue weighted by Gasteiger charge is -2.13. The third kappa shape index (κ3) is 4.12. The molecule has 1 N–H and O–H groups in total. The first-order chi connectivity index (χ1) is 10.8. The molecule has 2 aromatic heterocycles. The predicted molar refractivity (Wildman–Crippen MR) is 75.9 cm³/mol. The van der Waals surface area contributed by atoms with Crippen LogP contribution < -0.4 is 5.32 Å². The highest BCUT2D eigenvalue weighted by molar-refractivity contribution is 5.99. The van der Waals surface area contributed by atoms with Gasteiger partial charge < -0.3 is 5.32 Å². The number of nitrogens with one attached hydrogen (secondary N) is 1. The van der Waals surface area contributed by atoms with Gasteiger partial charge in [0.05, 0.1) is 17.6 Å². The highest BCUT2D eigenvalue weighted by atomic mass is 19.4. The average Bonchev–Trinajstić information content (AvgIpc) is 2.46. The van der Waals surface area contributed by atoms with E-state index in [0.29, 0.717) is 0 Å². The molecule has 0 spiro atoms. The van der Waals surface area contributed by atoms with Gasteiger partial charge in [0.15, 0.2) is 5.69 Å². The molecule has 4 nitrogen and oxygen atoms in total. The topological polar surface area (TPSA) is 54.9 Å². The molecular formula is C15H11F4N3O. The number of anilines is 1. The maximum atomic E-state index is 13.1. The number of hydrogen-bond donors (Lipinski definition) is 1. The maximum Gasteiger partial charge on any atom is 0.435 e. The molecule has 2 aromatic rings. The molecule has 0 saturated carbocycles. The Hall–Kier alpha value is -2.77. The summed E-state index contributed by atoms with van der Waals surface area (Å²) in [6.07, 6.45) is -0.174. The van der Waals surface area contributed by atoms with Gasteiger partial charge >= 0.3 is 6.18 Å². The van der Waals surface area contributed by atoms with Crippen LogP contribution in [-0.2, 0) is 11.0 Å². The van der Waals surface area contributed by atoms with E-state index in [4.69, 9.17) is 0 Å². The number of aromatic nitrogens is 2. The summed E-state index contributed by atoms with van der Waals surface area (Å²) in [5.74, 6) is -1.40. The maximum absolute atomic E-state index is 13.1. The Balaban J connectivity index is 2.48. The summed E-state index contributed by atoms with van der Waals surface area (Å²) in [5.41, 5.74) is -1.75. The Morgan fingerprint density at radius 1 is 1.26 bits per heavy atom. The summed E-state index contributed by atoms with van der Waals surface area (Å²) in [6.45, 7) is 1.56. The van der Waals surface area contributed by atoms with Crippen molar-refractivity contribution in [2.24, 2.45) is 0 Å². The fourth-order valence-electron chi connectivity index (χ4n) is 1.81. The SMILES string of the molecule is C/C=C/C(=O)Nc1ccc(-c2cncc(F)c2)nc1C(F)(F)F. The summed E-state index contributed by atoms with van der Waals surface area (Å²) in [6, 6.07) is 3.34. The van der Waals surface area contributed by atoms with Crippen LogP contribution in [0.5, 0.6) is 0 Å². The molecule has 0 saturated heterocycles. The molecule has 0 unspecified atom stereocenters. The number of halogens is 4. The number of allylic oxidation sites excluding steroid dienone is 1. The van der Waals surface area contributed by atoms with Crippen LogP contribution in [0.15, 0.2) is 42.7 Å². The van der Waals surface area contributed by atoms with Crippen molar-refractivity contribution in [1.29, 1.82) is 0 Å². The molecule has 0 bridgehead atoms. The number of carbonyl (C=O) groups is 1. The van der Waals surface area contributed by atoms with Crippen molar-refractivity contribution in [2.75, 3.05) is 5.32 Å². The minimum Gasteiger partial charge on any atom is -0.321 e. The third-order valence-corrected chi connectivity index (χ3v) is 2.74. The van der Waals surface area contributed by atoms with E-state index >= 15 is 0 Å². The first kappa shape index (κ1) is 16.6. The van der Waals surface area contributed by atoms with Gasteiger partial charge in [-0.15, -0.1) is 0 Å². The second-order valence-corrected chi connectivity index (χ2v) is 4.47. The van der Waals surface area contributed by atoms with E-state index in [0.717, 1.165) is 24.4 Å². The summed E-state index contributed by atoms with van der Waals surface area (Å²) in [7, 11) is 0. The van der Waals surface area contributed by atoms with Crippen molar-refractivity contribution >= 4 is 11.6 Å². The van der Waals surface area contributed by atoms with E-state index in [1.54, 1.807) is 6.92 Å². The number of pyridine rings is 2. The molecular weight excluding hydrogens is 314 g/mol. The van der Waals surface area contributed by atoms with Gasteiger partial charge in [0.2, 0.25) is 5.91 Å². The number of nitrogens with zero attached hydrogens (tertiary/aromatic N) is 2. The zero-order valence-electron chi connectivity index (χ0n) is 11.9. The van der Waals surface area contributed by atoms with Crippen LogP contribution in [0, 0.1) is 5.82 Å². The van der Waals surface area contributed by atoms with Gasteiger partial charge in [-0.1, -0.05) is 6.08 Å². The fourth-order valence-corrected chi connectivity index (χ4v) is 1.81. The Morgan fingerprint density at radius 2 is 2.00 bits per heavy atom. The minimum absolute atomic E-state index is 0.0989. The number of amides is 1. The lowest BCUT2D eigenvalue weighted by atomic mass is 10.1. The Labute approximate surface area is 128 Å². The van der Waals surface area contributed by atoms with Crippen LogP contribution in [0.25, 0.3) is 11.3 Å². The molecule has 0 radical (unpaired) electrons. The summed E-state index contributed by atoms with van der Waals surface area (Å²) >= 11 is 0. The van der Waals surface area contributed by atoms with Gasteiger partial charge in [-0.05, 0) is 31.2 Å². The van der Waals surface area contributed by atoms with Crippen LogP contribution in [0.3, 0.4) is 0 Å². The lowest BCUT2D eigenvalue weighted by molar-refractivity contribution is -0.140. The largest absolute Gasteiger partial charge is 0.435 e. The first-order valence-corrected chi connectivity index (χ1v) is 6.44. The molecule has 2 rings (SSSR count). The molecule has 0 aliphatic carbocycles. The second-order valence-electron chi connectivity index (χ2n) is 4.47. The van der Waals surface area contributed by atoms with E-state index in [-0.39, 0.29) is 11.3 Å². The van der Waals surface area contributed by atoms with Crippen LogP contribution in [0.4, 0.5) is 23.2 Å². The fraction of sp³-hybridized carbons (Fsp3) is 0.133. The molecule has 0 aromatic carbocycles. The molecule has 0 atom stereocenters. The third-order valence-electron chi connectivity index (χ3n) is 2.74. The monoisotopic (exact) mass is 325 g/mol. The van der Waals surface area contributed by atoms with Crippen molar-refractivity contribution in [3.63, 3.8) is 0 Å².